The number of fused-ring (bicyclic) bond motifs is 1. The Bertz CT molecular complexity index is 1070. The second kappa shape index (κ2) is 7.61. The number of carbonyl (C=O) groups is 1. The number of anilines is 1. The lowest BCUT2D eigenvalue weighted by Gasteiger charge is -2.26. The first-order valence-corrected chi connectivity index (χ1v) is 10.3. The second-order valence-electron chi connectivity index (χ2n) is 7.22. The molecule has 0 aliphatic carbocycles. The summed E-state index contributed by atoms with van der Waals surface area (Å²) in [6.07, 6.45) is 2.55. The van der Waals surface area contributed by atoms with Crippen molar-refractivity contribution >= 4 is 33.8 Å². The zero-order valence-corrected chi connectivity index (χ0v) is 16.9. The highest BCUT2D eigenvalue weighted by molar-refractivity contribution is 7.12. The number of amides is 1. The lowest BCUT2D eigenvalue weighted by Crippen LogP contribution is -2.35. The van der Waals surface area contributed by atoms with Crippen LogP contribution in [0.15, 0.2) is 35.8 Å². The van der Waals surface area contributed by atoms with Gasteiger partial charge in [-0.15, -0.1) is 11.3 Å². The Balaban J connectivity index is 1.69. The summed E-state index contributed by atoms with van der Waals surface area (Å²) in [5.74, 6) is 0.101. The summed E-state index contributed by atoms with van der Waals surface area (Å²) in [7, 11) is 0. The average Bonchev–Trinajstić information content (AvgIpc) is 3.11. The molecule has 3 heterocycles. The Kier molecular flexibility index (Phi) is 5.01. The fraction of sp³-hybridized carbons (Fsp3) is 0.318. The third kappa shape index (κ3) is 3.34. The second-order valence-corrected chi connectivity index (χ2v) is 8.17. The van der Waals surface area contributed by atoms with E-state index >= 15 is 0 Å². The minimum Gasteiger partial charge on any atom is -0.368 e. The minimum absolute atomic E-state index is 0.101. The van der Waals surface area contributed by atoms with E-state index in [1.165, 1.54) is 11.3 Å². The summed E-state index contributed by atoms with van der Waals surface area (Å²) >= 11 is 1.48. The number of carbonyl (C=O) groups excluding carboxylic acids is 1. The molecular weight excluding hydrogens is 368 g/mol. The van der Waals surface area contributed by atoms with Crippen LogP contribution in [0.2, 0.25) is 0 Å². The van der Waals surface area contributed by atoms with Gasteiger partial charge in [0.15, 0.2) is 0 Å². The molecule has 0 atom stereocenters. The third-order valence-corrected chi connectivity index (χ3v) is 6.09. The van der Waals surface area contributed by atoms with E-state index in [0.29, 0.717) is 18.7 Å². The van der Waals surface area contributed by atoms with Gasteiger partial charge in [0.2, 0.25) is 0 Å². The maximum atomic E-state index is 12.7. The van der Waals surface area contributed by atoms with Crippen LogP contribution in [0, 0.1) is 25.2 Å². The molecule has 4 rings (SSSR count). The molecule has 28 heavy (non-hydrogen) atoms. The van der Waals surface area contributed by atoms with Crippen molar-refractivity contribution < 1.29 is 4.79 Å². The number of pyridine rings is 1. The molecule has 0 radical (unpaired) electrons. The van der Waals surface area contributed by atoms with Gasteiger partial charge in [-0.3, -0.25) is 9.78 Å². The van der Waals surface area contributed by atoms with Crippen LogP contribution >= 0.6 is 11.3 Å². The van der Waals surface area contributed by atoms with Crippen molar-refractivity contribution in [1.82, 2.24) is 9.88 Å². The Morgan fingerprint density at radius 2 is 2.07 bits per heavy atom. The van der Waals surface area contributed by atoms with E-state index in [-0.39, 0.29) is 5.91 Å². The zero-order chi connectivity index (χ0) is 19.7. The molecule has 6 heteroatoms. The standard InChI is InChI=1S/C22H22N4OS/c1-15-11-16(2)20-18(12-15)21(17(13-23)14-24-20)25-6-4-7-26(9-8-25)22(27)19-5-3-10-28-19/h3,5,10-12,14H,4,6-9H2,1-2H3. The molecule has 1 aliphatic rings. The molecule has 0 bridgehead atoms. The summed E-state index contributed by atoms with van der Waals surface area (Å²) in [5.41, 5.74) is 4.76. The van der Waals surface area contributed by atoms with Gasteiger partial charge in [-0.1, -0.05) is 17.7 Å². The van der Waals surface area contributed by atoms with E-state index in [0.717, 1.165) is 52.1 Å². The molecule has 2 aromatic heterocycles. The summed E-state index contributed by atoms with van der Waals surface area (Å²) in [5, 5.41) is 12.7. The minimum atomic E-state index is 0.101. The highest BCUT2D eigenvalue weighted by Crippen LogP contribution is 2.32. The van der Waals surface area contributed by atoms with Crippen LogP contribution in [0.3, 0.4) is 0 Å². The van der Waals surface area contributed by atoms with Gasteiger partial charge < -0.3 is 9.80 Å². The normalized spacial score (nSPS) is 14.8. The zero-order valence-electron chi connectivity index (χ0n) is 16.1. The molecule has 0 spiro atoms. The maximum Gasteiger partial charge on any atom is 0.263 e. The SMILES string of the molecule is Cc1cc(C)c2ncc(C#N)c(N3CCCN(C(=O)c4cccs4)CC3)c2c1. The van der Waals surface area contributed by atoms with Gasteiger partial charge in [0.05, 0.1) is 21.6 Å². The van der Waals surface area contributed by atoms with Crippen molar-refractivity contribution in [2.45, 2.75) is 20.3 Å². The summed E-state index contributed by atoms with van der Waals surface area (Å²) < 4.78 is 0. The monoisotopic (exact) mass is 390 g/mol. The van der Waals surface area contributed by atoms with Crippen molar-refractivity contribution in [3.05, 3.63) is 57.4 Å². The van der Waals surface area contributed by atoms with Crippen LogP contribution in [0.1, 0.15) is 32.8 Å². The Morgan fingerprint density at radius 1 is 1.21 bits per heavy atom. The highest BCUT2D eigenvalue weighted by atomic mass is 32.1. The van der Waals surface area contributed by atoms with Crippen molar-refractivity contribution in [2.75, 3.05) is 31.1 Å². The quantitative estimate of drug-likeness (QED) is 0.660. The highest BCUT2D eigenvalue weighted by Gasteiger charge is 2.24. The fourth-order valence-corrected chi connectivity index (χ4v) is 4.66. The molecule has 0 saturated carbocycles. The van der Waals surface area contributed by atoms with Gasteiger partial charge in [-0.2, -0.15) is 5.26 Å². The van der Waals surface area contributed by atoms with Crippen molar-refractivity contribution in [3.8, 4) is 6.07 Å². The topological polar surface area (TPSA) is 60.2 Å². The first-order chi connectivity index (χ1) is 13.6. The molecule has 1 fully saturated rings. The van der Waals surface area contributed by atoms with E-state index < -0.39 is 0 Å². The molecule has 0 unspecified atom stereocenters. The number of nitriles is 1. The molecular formula is C22H22N4OS. The molecule has 1 amide bonds. The first-order valence-electron chi connectivity index (χ1n) is 9.46. The van der Waals surface area contributed by atoms with Gasteiger partial charge in [0.1, 0.15) is 6.07 Å². The first kappa shape index (κ1) is 18.5. The number of hydrogen-bond donors (Lipinski definition) is 0. The van der Waals surface area contributed by atoms with E-state index in [9.17, 15) is 10.1 Å². The maximum absolute atomic E-state index is 12.7. The molecule has 3 aromatic rings. The van der Waals surface area contributed by atoms with Crippen LogP contribution < -0.4 is 4.90 Å². The average molecular weight is 391 g/mol. The third-order valence-electron chi connectivity index (χ3n) is 5.23. The predicted octanol–water partition coefficient (Wildman–Crippen LogP) is 4.14. The van der Waals surface area contributed by atoms with Gasteiger partial charge in [-0.05, 0) is 43.3 Å². The summed E-state index contributed by atoms with van der Waals surface area (Å²) in [6.45, 7) is 7.03. The molecule has 1 aliphatic heterocycles. The Morgan fingerprint density at radius 3 is 2.82 bits per heavy atom. The summed E-state index contributed by atoms with van der Waals surface area (Å²) in [4.78, 5) is 22.2. The predicted molar refractivity (Wildman–Crippen MR) is 113 cm³/mol. The van der Waals surface area contributed by atoms with E-state index in [1.807, 2.05) is 22.4 Å². The van der Waals surface area contributed by atoms with E-state index in [1.54, 1.807) is 6.20 Å². The number of hydrogen-bond acceptors (Lipinski definition) is 5. The number of aromatic nitrogens is 1. The number of nitrogens with zero attached hydrogens (tertiary/aromatic N) is 4. The Labute approximate surface area is 168 Å². The lowest BCUT2D eigenvalue weighted by molar-refractivity contribution is 0.0772. The molecule has 1 saturated heterocycles. The van der Waals surface area contributed by atoms with Gasteiger partial charge in [-0.25, -0.2) is 0 Å². The van der Waals surface area contributed by atoms with Crippen LogP contribution in [-0.4, -0.2) is 42.0 Å². The molecule has 142 valence electrons. The largest absolute Gasteiger partial charge is 0.368 e. The number of aryl methyl sites for hydroxylation is 2. The van der Waals surface area contributed by atoms with Crippen molar-refractivity contribution in [3.63, 3.8) is 0 Å². The fourth-order valence-electron chi connectivity index (χ4n) is 3.97. The van der Waals surface area contributed by atoms with Gasteiger partial charge in [0, 0.05) is 37.8 Å². The van der Waals surface area contributed by atoms with Crippen LogP contribution in [0.4, 0.5) is 5.69 Å². The van der Waals surface area contributed by atoms with Crippen LogP contribution in [0.5, 0.6) is 0 Å². The Hall–Kier alpha value is -2.91. The number of rotatable bonds is 2. The van der Waals surface area contributed by atoms with E-state index in [4.69, 9.17) is 0 Å². The van der Waals surface area contributed by atoms with Crippen molar-refractivity contribution in [1.29, 1.82) is 5.26 Å². The van der Waals surface area contributed by atoms with Crippen molar-refractivity contribution in [2.24, 2.45) is 0 Å². The van der Waals surface area contributed by atoms with Gasteiger partial charge >= 0.3 is 0 Å². The van der Waals surface area contributed by atoms with E-state index in [2.05, 4.69) is 41.9 Å². The smallest absolute Gasteiger partial charge is 0.263 e. The lowest BCUT2D eigenvalue weighted by atomic mass is 10.0. The molecule has 5 nitrogen and oxygen atoms in total. The van der Waals surface area contributed by atoms with Gasteiger partial charge in [0.25, 0.3) is 5.91 Å². The van der Waals surface area contributed by atoms with Crippen LogP contribution in [0.25, 0.3) is 10.9 Å². The molecule has 1 aromatic carbocycles. The summed E-state index contributed by atoms with van der Waals surface area (Å²) in [6, 6.07) is 10.3. The van der Waals surface area contributed by atoms with Crippen LogP contribution in [-0.2, 0) is 0 Å². The number of thiophene rings is 1. The number of benzene rings is 1. The molecule has 0 N–H and O–H groups in total.